The first kappa shape index (κ1) is 31.4. The average Bonchev–Trinajstić information content (AvgIpc) is 2.78. The standard InChI is InChI=1S/C29H58O3/c1-28(29(31)32)26-24-22-20-18-16-14-12-10-8-6-4-2-3-5-7-9-11-13-15-17-19-21-23-25-27-30/h28,30H,2-27H2,1H3,(H,31,32). The lowest BCUT2D eigenvalue weighted by molar-refractivity contribution is -0.141. The van der Waals surface area contributed by atoms with Gasteiger partial charge in [-0.05, 0) is 12.8 Å². The van der Waals surface area contributed by atoms with Crippen molar-refractivity contribution in [1.82, 2.24) is 0 Å². The van der Waals surface area contributed by atoms with E-state index in [-0.39, 0.29) is 5.92 Å². The third-order valence-corrected chi connectivity index (χ3v) is 6.97. The van der Waals surface area contributed by atoms with Gasteiger partial charge in [0.25, 0.3) is 0 Å². The zero-order chi connectivity index (χ0) is 23.5. The Hall–Kier alpha value is -0.570. The molecule has 0 aliphatic carbocycles. The van der Waals surface area contributed by atoms with Crippen molar-refractivity contribution in [2.24, 2.45) is 5.92 Å². The van der Waals surface area contributed by atoms with Crippen molar-refractivity contribution in [1.29, 1.82) is 0 Å². The van der Waals surface area contributed by atoms with Crippen molar-refractivity contribution < 1.29 is 15.0 Å². The highest BCUT2D eigenvalue weighted by atomic mass is 16.4. The molecule has 0 aromatic carbocycles. The number of unbranched alkanes of at least 4 members (excludes halogenated alkanes) is 23. The van der Waals surface area contributed by atoms with Gasteiger partial charge in [-0.3, -0.25) is 4.79 Å². The Morgan fingerprint density at radius 3 is 0.906 bits per heavy atom. The maximum absolute atomic E-state index is 10.8. The molecular weight excluding hydrogens is 396 g/mol. The Morgan fingerprint density at radius 1 is 0.469 bits per heavy atom. The van der Waals surface area contributed by atoms with Crippen molar-refractivity contribution in [3.63, 3.8) is 0 Å². The lowest BCUT2D eigenvalue weighted by Crippen LogP contribution is -2.08. The molecule has 0 saturated carbocycles. The van der Waals surface area contributed by atoms with Crippen LogP contribution in [0.5, 0.6) is 0 Å². The molecule has 0 spiro atoms. The molecule has 0 rings (SSSR count). The van der Waals surface area contributed by atoms with Crippen molar-refractivity contribution in [2.75, 3.05) is 6.61 Å². The number of aliphatic hydroxyl groups excluding tert-OH is 1. The number of carboxylic acids is 1. The molecule has 0 fully saturated rings. The normalized spacial score (nSPS) is 12.3. The molecule has 0 heterocycles. The van der Waals surface area contributed by atoms with Crippen LogP contribution in [0, 0.1) is 5.92 Å². The van der Waals surface area contributed by atoms with Gasteiger partial charge in [0.2, 0.25) is 0 Å². The summed E-state index contributed by atoms with van der Waals surface area (Å²) in [7, 11) is 0. The number of rotatable bonds is 27. The van der Waals surface area contributed by atoms with Gasteiger partial charge in [0.05, 0.1) is 5.92 Å². The van der Waals surface area contributed by atoms with Crippen LogP contribution in [-0.2, 0) is 4.79 Å². The third-order valence-electron chi connectivity index (χ3n) is 6.97. The predicted octanol–water partition coefficient (Wildman–Crippen LogP) is 9.45. The number of hydrogen-bond donors (Lipinski definition) is 2. The molecule has 192 valence electrons. The first-order valence-electron chi connectivity index (χ1n) is 14.5. The smallest absolute Gasteiger partial charge is 0.306 e. The molecule has 1 unspecified atom stereocenters. The Labute approximate surface area is 201 Å². The van der Waals surface area contributed by atoms with Gasteiger partial charge < -0.3 is 10.2 Å². The molecule has 2 N–H and O–H groups in total. The minimum Gasteiger partial charge on any atom is -0.481 e. The minimum atomic E-state index is -0.649. The number of aliphatic carboxylic acids is 1. The summed E-state index contributed by atoms with van der Waals surface area (Å²) in [6, 6.07) is 0. The molecule has 3 nitrogen and oxygen atoms in total. The molecular formula is C29H58O3. The first-order chi connectivity index (χ1) is 15.7. The summed E-state index contributed by atoms with van der Waals surface area (Å²) < 4.78 is 0. The van der Waals surface area contributed by atoms with Crippen LogP contribution in [0.2, 0.25) is 0 Å². The van der Waals surface area contributed by atoms with E-state index in [0.29, 0.717) is 6.61 Å². The van der Waals surface area contributed by atoms with E-state index >= 15 is 0 Å². The van der Waals surface area contributed by atoms with E-state index in [0.717, 1.165) is 19.3 Å². The quantitative estimate of drug-likeness (QED) is 0.121. The number of hydrogen-bond acceptors (Lipinski definition) is 2. The largest absolute Gasteiger partial charge is 0.481 e. The van der Waals surface area contributed by atoms with Gasteiger partial charge in [0, 0.05) is 6.61 Å². The maximum atomic E-state index is 10.8. The van der Waals surface area contributed by atoms with Crippen LogP contribution >= 0.6 is 0 Å². The van der Waals surface area contributed by atoms with Gasteiger partial charge in [-0.25, -0.2) is 0 Å². The summed E-state index contributed by atoms with van der Waals surface area (Å²) in [5.41, 5.74) is 0. The SMILES string of the molecule is CC(CCCCCCCCCCCCCCCCCCCCCCCCCCO)C(=O)O. The van der Waals surface area contributed by atoms with E-state index in [1.165, 1.54) is 141 Å². The van der Waals surface area contributed by atoms with Crippen molar-refractivity contribution in [3.05, 3.63) is 0 Å². The van der Waals surface area contributed by atoms with Gasteiger partial charge in [0.15, 0.2) is 0 Å². The second-order valence-corrected chi connectivity index (χ2v) is 10.2. The summed E-state index contributed by atoms with van der Waals surface area (Å²) in [6.07, 6.45) is 33.3. The van der Waals surface area contributed by atoms with Crippen molar-refractivity contribution >= 4 is 5.97 Å². The van der Waals surface area contributed by atoms with Crippen LogP contribution in [0.25, 0.3) is 0 Å². The lowest BCUT2D eigenvalue weighted by atomic mass is 10.0. The molecule has 0 aromatic rings. The number of aliphatic hydroxyl groups is 1. The fourth-order valence-corrected chi connectivity index (χ4v) is 4.57. The molecule has 0 aliphatic rings. The second kappa shape index (κ2) is 26.7. The molecule has 0 aromatic heterocycles. The molecule has 0 amide bonds. The van der Waals surface area contributed by atoms with Crippen LogP contribution in [0.3, 0.4) is 0 Å². The van der Waals surface area contributed by atoms with E-state index in [4.69, 9.17) is 10.2 Å². The minimum absolute atomic E-state index is 0.172. The van der Waals surface area contributed by atoms with E-state index in [9.17, 15) is 4.79 Å². The highest BCUT2D eigenvalue weighted by molar-refractivity contribution is 5.69. The number of carbonyl (C=O) groups is 1. The van der Waals surface area contributed by atoms with E-state index in [2.05, 4.69) is 0 Å². The molecule has 1 atom stereocenters. The highest BCUT2D eigenvalue weighted by Crippen LogP contribution is 2.16. The topological polar surface area (TPSA) is 57.5 Å². The van der Waals surface area contributed by atoms with Crippen molar-refractivity contribution in [2.45, 2.75) is 167 Å². The van der Waals surface area contributed by atoms with Gasteiger partial charge >= 0.3 is 5.97 Å². The second-order valence-electron chi connectivity index (χ2n) is 10.2. The summed E-state index contributed by atoms with van der Waals surface area (Å²) in [4.78, 5) is 10.8. The third kappa shape index (κ3) is 25.7. The fraction of sp³-hybridized carbons (Fsp3) is 0.966. The van der Waals surface area contributed by atoms with Crippen LogP contribution in [0.4, 0.5) is 0 Å². The van der Waals surface area contributed by atoms with E-state index in [1.807, 2.05) is 6.92 Å². The summed E-state index contributed by atoms with van der Waals surface area (Å²) >= 11 is 0. The van der Waals surface area contributed by atoms with Crippen LogP contribution in [0.1, 0.15) is 167 Å². The molecule has 0 saturated heterocycles. The summed E-state index contributed by atoms with van der Waals surface area (Å²) in [5.74, 6) is -0.821. The Kier molecular flexibility index (Phi) is 26.2. The summed E-state index contributed by atoms with van der Waals surface area (Å²) in [6.45, 7) is 2.18. The van der Waals surface area contributed by atoms with Gasteiger partial charge in [-0.1, -0.05) is 155 Å². The Bertz CT molecular complexity index is 369. The Morgan fingerprint density at radius 2 is 0.688 bits per heavy atom. The predicted molar refractivity (Wildman–Crippen MR) is 139 cm³/mol. The zero-order valence-corrected chi connectivity index (χ0v) is 21.8. The molecule has 0 bridgehead atoms. The monoisotopic (exact) mass is 454 g/mol. The maximum Gasteiger partial charge on any atom is 0.306 e. The lowest BCUT2D eigenvalue weighted by Gasteiger charge is -2.06. The van der Waals surface area contributed by atoms with E-state index in [1.54, 1.807) is 0 Å². The molecule has 32 heavy (non-hydrogen) atoms. The highest BCUT2D eigenvalue weighted by Gasteiger charge is 2.09. The Balaban J connectivity index is 3.04. The van der Waals surface area contributed by atoms with Gasteiger partial charge in [0.1, 0.15) is 0 Å². The average molecular weight is 455 g/mol. The fourth-order valence-electron chi connectivity index (χ4n) is 4.57. The summed E-state index contributed by atoms with van der Waals surface area (Å²) in [5, 5.41) is 17.6. The van der Waals surface area contributed by atoms with Crippen molar-refractivity contribution in [3.8, 4) is 0 Å². The molecule has 0 radical (unpaired) electrons. The van der Waals surface area contributed by atoms with Gasteiger partial charge in [-0.2, -0.15) is 0 Å². The van der Waals surface area contributed by atoms with Crippen LogP contribution < -0.4 is 0 Å². The molecule has 3 heteroatoms. The van der Waals surface area contributed by atoms with Crippen LogP contribution in [0.15, 0.2) is 0 Å². The number of carboxylic acid groups (broad SMARTS) is 1. The zero-order valence-electron chi connectivity index (χ0n) is 21.8. The first-order valence-corrected chi connectivity index (χ1v) is 14.5. The van der Waals surface area contributed by atoms with Crippen LogP contribution in [-0.4, -0.2) is 22.8 Å². The molecule has 0 aliphatic heterocycles. The van der Waals surface area contributed by atoms with E-state index < -0.39 is 5.97 Å². The van der Waals surface area contributed by atoms with Gasteiger partial charge in [-0.15, -0.1) is 0 Å².